The molecule has 0 aromatic heterocycles. The minimum atomic E-state index is 0.186. The molecule has 1 aliphatic carbocycles. The Morgan fingerprint density at radius 3 is 2.31 bits per heavy atom. The van der Waals surface area contributed by atoms with Crippen molar-refractivity contribution in [3.8, 4) is 0 Å². The first-order valence-corrected chi connectivity index (χ1v) is 6.64. The van der Waals surface area contributed by atoms with Crippen molar-refractivity contribution in [2.45, 2.75) is 51.6 Å². The summed E-state index contributed by atoms with van der Waals surface area (Å²) in [5.74, 6) is 0.673. The van der Waals surface area contributed by atoms with Gasteiger partial charge in [0.15, 0.2) is 0 Å². The van der Waals surface area contributed by atoms with E-state index in [4.69, 9.17) is 5.73 Å². The van der Waals surface area contributed by atoms with Crippen LogP contribution >= 0.6 is 0 Å². The van der Waals surface area contributed by atoms with E-state index >= 15 is 0 Å². The Morgan fingerprint density at radius 1 is 1.31 bits per heavy atom. The van der Waals surface area contributed by atoms with Crippen LogP contribution in [0.5, 0.6) is 0 Å². The Kier molecular flexibility index (Phi) is 3.57. The van der Waals surface area contributed by atoms with Gasteiger partial charge in [-0.2, -0.15) is 0 Å². The highest BCUT2D eigenvalue weighted by molar-refractivity contribution is 4.94. The quantitative estimate of drug-likeness (QED) is 0.757. The van der Waals surface area contributed by atoms with E-state index in [-0.39, 0.29) is 18.7 Å². The fraction of sp³-hybridized carbons (Fsp3) is 1.00. The summed E-state index contributed by atoms with van der Waals surface area (Å²) in [4.78, 5) is 2.41. The Hall–Kier alpha value is -0.120. The molecule has 0 spiro atoms. The first-order chi connectivity index (χ1) is 7.53. The molecule has 0 amide bonds. The van der Waals surface area contributed by atoms with Gasteiger partial charge in [0, 0.05) is 12.1 Å². The third kappa shape index (κ3) is 2.76. The highest BCUT2D eigenvalue weighted by atomic mass is 16.3. The van der Waals surface area contributed by atoms with Crippen LogP contribution in [-0.4, -0.2) is 41.8 Å². The molecule has 2 atom stereocenters. The third-order valence-electron chi connectivity index (χ3n) is 4.42. The van der Waals surface area contributed by atoms with E-state index in [0.29, 0.717) is 11.3 Å². The molecule has 3 heteroatoms. The summed E-state index contributed by atoms with van der Waals surface area (Å²) >= 11 is 0. The van der Waals surface area contributed by atoms with Crippen molar-refractivity contribution in [2.75, 3.05) is 19.7 Å². The first-order valence-electron chi connectivity index (χ1n) is 6.64. The molecule has 1 saturated carbocycles. The van der Waals surface area contributed by atoms with Crippen molar-refractivity contribution in [2.24, 2.45) is 17.1 Å². The van der Waals surface area contributed by atoms with Crippen molar-refractivity contribution in [1.82, 2.24) is 4.90 Å². The second kappa shape index (κ2) is 4.63. The molecule has 0 bridgehead atoms. The van der Waals surface area contributed by atoms with E-state index in [1.54, 1.807) is 0 Å². The number of likely N-dealkylation sites (tertiary alicyclic amines) is 1. The molecular weight excluding hydrogens is 200 g/mol. The average Bonchev–Trinajstić information content (AvgIpc) is 3.04. The second-order valence-electron chi connectivity index (χ2n) is 6.36. The zero-order chi connectivity index (χ0) is 11.8. The molecule has 0 aromatic carbocycles. The van der Waals surface area contributed by atoms with E-state index in [1.807, 2.05) is 0 Å². The van der Waals surface area contributed by atoms with Gasteiger partial charge in [0.1, 0.15) is 0 Å². The van der Waals surface area contributed by atoms with Crippen LogP contribution < -0.4 is 5.73 Å². The summed E-state index contributed by atoms with van der Waals surface area (Å²) in [5, 5.41) is 9.53. The highest BCUT2D eigenvalue weighted by Gasteiger charge is 2.38. The Morgan fingerprint density at radius 2 is 1.88 bits per heavy atom. The minimum absolute atomic E-state index is 0.186. The lowest BCUT2D eigenvalue weighted by molar-refractivity contribution is 0.0468. The molecule has 2 aliphatic rings. The standard InChI is InChI=1S/C13H26N2O/c1-13(2)5-7-15(8-6-13)11(9-16)12(14)10-3-4-10/h10-12,16H,3-9,14H2,1-2H3. The highest BCUT2D eigenvalue weighted by Crippen LogP contribution is 2.36. The van der Waals surface area contributed by atoms with Crippen LogP contribution in [0.3, 0.4) is 0 Å². The summed E-state index contributed by atoms with van der Waals surface area (Å²) in [6.45, 7) is 7.08. The number of nitrogens with two attached hydrogens (primary N) is 1. The fourth-order valence-electron chi connectivity index (χ4n) is 2.74. The molecule has 94 valence electrons. The summed E-state index contributed by atoms with van der Waals surface area (Å²) < 4.78 is 0. The van der Waals surface area contributed by atoms with E-state index in [9.17, 15) is 5.11 Å². The second-order valence-corrected chi connectivity index (χ2v) is 6.36. The largest absolute Gasteiger partial charge is 0.395 e. The maximum Gasteiger partial charge on any atom is 0.0602 e. The molecule has 16 heavy (non-hydrogen) atoms. The first kappa shape index (κ1) is 12.3. The number of aliphatic hydroxyl groups is 1. The molecule has 0 radical (unpaired) electrons. The SMILES string of the molecule is CC1(C)CCN(C(CO)C(N)C2CC2)CC1. The van der Waals surface area contributed by atoms with Crippen LogP contribution in [0, 0.1) is 11.3 Å². The number of hydrogen-bond acceptors (Lipinski definition) is 3. The van der Waals surface area contributed by atoms with Gasteiger partial charge in [-0.05, 0) is 50.1 Å². The van der Waals surface area contributed by atoms with Gasteiger partial charge in [-0.15, -0.1) is 0 Å². The maximum atomic E-state index is 9.53. The van der Waals surface area contributed by atoms with Crippen LogP contribution in [0.15, 0.2) is 0 Å². The summed E-state index contributed by atoms with van der Waals surface area (Å²) in [6.07, 6.45) is 4.97. The Bertz CT molecular complexity index is 228. The molecule has 2 unspecified atom stereocenters. The number of piperidine rings is 1. The van der Waals surface area contributed by atoms with Crippen molar-refractivity contribution < 1.29 is 5.11 Å². The number of nitrogens with zero attached hydrogens (tertiary/aromatic N) is 1. The predicted molar refractivity (Wildman–Crippen MR) is 66.2 cm³/mol. The van der Waals surface area contributed by atoms with Gasteiger partial charge in [-0.1, -0.05) is 13.8 Å². The molecule has 1 saturated heterocycles. The van der Waals surface area contributed by atoms with Crippen LogP contribution in [0.1, 0.15) is 39.5 Å². The van der Waals surface area contributed by atoms with Gasteiger partial charge in [0.2, 0.25) is 0 Å². The Labute approximate surface area is 99.0 Å². The van der Waals surface area contributed by atoms with Gasteiger partial charge < -0.3 is 10.8 Å². The fourth-order valence-corrected chi connectivity index (χ4v) is 2.74. The van der Waals surface area contributed by atoms with Gasteiger partial charge in [-0.25, -0.2) is 0 Å². The topological polar surface area (TPSA) is 49.5 Å². The summed E-state index contributed by atoms with van der Waals surface area (Å²) in [6, 6.07) is 0.384. The van der Waals surface area contributed by atoms with Crippen LogP contribution in [0.2, 0.25) is 0 Å². The van der Waals surface area contributed by atoms with E-state index in [0.717, 1.165) is 13.1 Å². The normalized spacial score (nSPS) is 30.0. The molecule has 3 N–H and O–H groups in total. The van der Waals surface area contributed by atoms with E-state index in [2.05, 4.69) is 18.7 Å². The smallest absolute Gasteiger partial charge is 0.0602 e. The zero-order valence-electron chi connectivity index (χ0n) is 10.7. The molecular formula is C13H26N2O. The van der Waals surface area contributed by atoms with Crippen molar-refractivity contribution in [1.29, 1.82) is 0 Å². The van der Waals surface area contributed by atoms with Gasteiger partial charge >= 0.3 is 0 Å². The van der Waals surface area contributed by atoms with Crippen molar-refractivity contribution in [3.63, 3.8) is 0 Å². The van der Waals surface area contributed by atoms with Crippen molar-refractivity contribution >= 4 is 0 Å². The molecule has 0 aromatic rings. The number of aliphatic hydroxyl groups excluding tert-OH is 1. The summed E-state index contributed by atoms with van der Waals surface area (Å²) in [5.41, 5.74) is 6.70. The molecule has 2 rings (SSSR count). The predicted octanol–water partition coefficient (Wildman–Crippen LogP) is 1.21. The van der Waals surface area contributed by atoms with Crippen LogP contribution in [0.4, 0.5) is 0 Å². The minimum Gasteiger partial charge on any atom is -0.395 e. The summed E-state index contributed by atoms with van der Waals surface area (Å²) in [7, 11) is 0. The van der Waals surface area contributed by atoms with Crippen LogP contribution in [-0.2, 0) is 0 Å². The molecule has 3 nitrogen and oxygen atoms in total. The monoisotopic (exact) mass is 226 g/mol. The van der Waals surface area contributed by atoms with E-state index < -0.39 is 0 Å². The van der Waals surface area contributed by atoms with Gasteiger partial charge in [0.05, 0.1) is 6.61 Å². The molecule has 2 fully saturated rings. The lowest BCUT2D eigenvalue weighted by Crippen LogP contribution is -2.54. The molecule has 1 aliphatic heterocycles. The average molecular weight is 226 g/mol. The zero-order valence-corrected chi connectivity index (χ0v) is 10.7. The maximum absolute atomic E-state index is 9.53. The number of hydrogen-bond donors (Lipinski definition) is 2. The lowest BCUT2D eigenvalue weighted by atomic mass is 9.82. The van der Waals surface area contributed by atoms with Crippen molar-refractivity contribution in [3.05, 3.63) is 0 Å². The van der Waals surface area contributed by atoms with E-state index in [1.165, 1.54) is 25.7 Å². The molecule has 1 heterocycles. The van der Waals surface area contributed by atoms with Crippen LogP contribution in [0.25, 0.3) is 0 Å². The van der Waals surface area contributed by atoms with Gasteiger partial charge in [-0.3, -0.25) is 4.90 Å². The lowest BCUT2D eigenvalue weighted by Gasteiger charge is -2.42. The third-order valence-corrected chi connectivity index (χ3v) is 4.42. The number of rotatable bonds is 4. The Balaban J connectivity index is 1.89. The van der Waals surface area contributed by atoms with Gasteiger partial charge in [0.25, 0.3) is 0 Å².